The van der Waals surface area contributed by atoms with Crippen LogP contribution in [0.15, 0.2) is 24.3 Å². The van der Waals surface area contributed by atoms with Gasteiger partial charge in [-0.3, -0.25) is 9.59 Å². The van der Waals surface area contributed by atoms with Crippen LogP contribution in [0.4, 0.5) is 0 Å². The minimum atomic E-state index is -1.23. The lowest BCUT2D eigenvalue weighted by atomic mass is 10.1. The van der Waals surface area contributed by atoms with Crippen LogP contribution in [0.5, 0.6) is 5.75 Å². The molecule has 6 N–H and O–H groups in total. The molecule has 0 saturated heterocycles. The van der Waals surface area contributed by atoms with Gasteiger partial charge in [-0.15, -0.1) is 0 Å². The van der Waals surface area contributed by atoms with Gasteiger partial charge in [0, 0.05) is 11.5 Å². The van der Waals surface area contributed by atoms with Crippen LogP contribution in [0.25, 0.3) is 0 Å². The number of rotatable bonds is 9. The second kappa shape index (κ2) is 10.2. The molecular weight excluding hydrogens is 366 g/mol. The van der Waals surface area contributed by atoms with Crippen molar-refractivity contribution >= 4 is 43.0 Å². The Morgan fingerprint density at radius 1 is 1.00 bits per heavy atom. The van der Waals surface area contributed by atoms with Gasteiger partial charge < -0.3 is 26.6 Å². The van der Waals surface area contributed by atoms with Crippen molar-refractivity contribution in [2.75, 3.05) is 11.5 Å². The first kappa shape index (κ1) is 21.1. The van der Waals surface area contributed by atoms with Crippen molar-refractivity contribution < 1.29 is 24.6 Å². The van der Waals surface area contributed by atoms with Gasteiger partial charge in [0.1, 0.15) is 17.8 Å². The van der Waals surface area contributed by atoms with Crippen LogP contribution < -0.4 is 16.4 Å². The lowest BCUT2D eigenvalue weighted by molar-refractivity contribution is -0.141. The number of aliphatic carboxylic acids is 1. The van der Waals surface area contributed by atoms with Crippen LogP contribution in [0.1, 0.15) is 5.56 Å². The molecule has 0 aliphatic heterocycles. The van der Waals surface area contributed by atoms with Gasteiger partial charge in [0.25, 0.3) is 0 Å². The zero-order valence-corrected chi connectivity index (χ0v) is 15.0. The lowest BCUT2D eigenvalue weighted by Gasteiger charge is -2.21. The van der Waals surface area contributed by atoms with Crippen LogP contribution in [-0.2, 0) is 20.8 Å². The molecule has 0 bridgehead atoms. The molecule has 10 heteroatoms. The van der Waals surface area contributed by atoms with Gasteiger partial charge in [-0.25, -0.2) is 4.79 Å². The summed E-state index contributed by atoms with van der Waals surface area (Å²) in [4.78, 5) is 35.1. The fourth-order valence-electron chi connectivity index (χ4n) is 1.91. The second-order valence-corrected chi connectivity index (χ2v) is 6.03. The third kappa shape index (κ3) is 6.85. The van der Waals surface area contributed by atoms with Gasteiger partial charge in [0.2, 0.25) is 11.8 Å². The Balaban J connectivity index is 2.63. The molecule has 0 spiro atoms. The maximum atomic E-state index is 12.1. The minimum absolute atomic E-state index is 0.0254. The van der Waals surface area contributed by atoms with Gasteiger partial charge in [-0.1, -0.05) is 12.1 Å². The van der Waals surface area contributed by atoms with Crippen LogP contribution in [-0.4, -0.2) is 57.6 Å². The molecule has 0 aromatic heterocycles. The van der Waals surface area contributed by atoms with E-state index < -0.39 is 35.9 Å². The van der Waals surface area contributed by atoms with Crippen molar-refractivity contribution in [3.8, 4) is 5.75 Å². The molecule has 0 aliphatic rings. The summed E-state index contributed by atoms with van der Waals surface area (Å²) in [5, 5.41) is 22.9. The smallest absolute Gasteiger partial charge is 0.327 e. The van der Waals surface area contributed by atoms with E-state index in [1.54, 1.807) is 12.1 Å². The molecule has 1 aromatic carbocycles. The molecule has 0 saturated carbocycles. The van der Waals surface area contributed by atoms with Crippen LogP contribution in [0.2, 0.25) is 0 Å². The highest BCUT2D eigenvalue weighted by Crippen LogP contribution is 2.11. The molecule has 3 atom stereocenters. The number of thiol groups is 2. The van der Waals surface area contributed by atoms with Gasteiger partial charge in [0.15, 0.2) is 0 Å². The van der Waals surface area contributed by atoms with Crippen molar-refractivity contribution in [1.82, 2.24) is 10.6 Å². The molecule has 1 aromatic rings. The first-order valence-corrected chi connectivity index (χ1v) is 8.63. The van der Waals surface area contributed by atoms with E-state index >= 15 is 0 Å². The third-order valence-corrected chi connectivity index (χ3v) is 4.07. The number of aromatic hydroxyl groups is 1. The molecule has 1 rings (SSSR count). The highest BCUT2D eigenvalue weighted by molar-refractivity contribution is 7.80. The topological polar surface area (TPSA) is 142 Å². The quantitative estimate of drug-likeness (QED) is 0.276. The van der Waals surface area contributed by atoms with Crippen molar-refractivity contribution in [1.29, 1.82) is 0 Å². The number of carboxylic acid groups (broad SMARTS) is 1. The summed E-state index contributed by atoms with van der Waals surface area (Å²) in [5.41, 5.74) is 6.57. The van der Waals surface area contributed by atoms with E-state index in [1.165, 1.54) is 12.1 Å². The Morgan fingerprint density at radius 3 is 2.00 bits per heavy atom. The molecule has 25 heavy (non-hydrogen) atoms. The van der Waals surface area contributed by atoms with E-state index in [1.807, 2.05) is 0 Å². The molecule has 0 fully saturated rings. The SMILES string of the molecule is N[C@@H](Cc1ccc(O)cc1)C(=O)N[C@@H](CS)C(=O)N[C@@H](CS)C(=O)O. The fourth-order valence-corrected chi connectivity index (χ4v) is 2.41. The zero-order valence-electron chi connectivity index (χ0n) is 13.3. The maximum absolute atomic E-state index is 12.1. The van der Waals surface area contributed by atoms with E-state index in [0.717, 1.165) is 5.56 Å². The highest BCUT2D eigenvalue weighted by atomic mass is 32.1. The average molecular weight is 387 g/mol. The van der Waals surface area contributed by atoms with Crippen molar-refractivity contribution in [2.45, 2.75) is 24.5 Å². The zero-order chi connectivity index (χ0) is 19.0. The first-order valence-electron chi connectivity index (χ1n) is 7.37. The Bertz CT molecular complexity index is 612. The number of carbonyl (C=O) groups is 3. The number of carboxylic acids is 1. The summed E-state index contributed by atoms with van der Waals surface area (Å²) in [6.07, 6.45) is 0.210. The number of hydrogen-bond acceptors (Lipinski definition) is 7. The molecule has 0 aliphatic carbocycles. The summed E-state index contributed by atoms with van der Waals surface area (Å²) in [6, 6.07) is 3.12. The third-order valence-electron chi connectivity index (χ3n) is 3.34. The summed E-state index contributed by atoms with van der Waals surface area (Å²) in [7, 11) is 0. The fraction of sp³-hybridized carbons (Fsp3) is 0.400. The number of nitrogens with two attached hydrogens (primary N) is 1. The monoisotopic (exact) mass is 387 g/mol. The van der Waals surface area contributed by atoms with Gasteiger partial charge in [-0.2, -0.15) is 25.3 Å². The molecule has 2 amide bonds. The van der Waals surface area contributed by atoms with Crippen LogP contribution >= 0.6 is 25.3 Å². The Kier molecular flexibility index (Phi) is 8.59. The largest absolute Gasteiger partial charge is 0.508 e. The van der Waals surface area contributed by atoms with E-state index in [-0.39, 0.29) is 23.7 Å². The number of phenols is 1. The molecule has 8 nitrogen and oxygen atoms in total. The lowest BCUT2D eigenvalue weighted by Crippen LogP contribution is -2.55. The molecule has 0 unspecified atom stereocenters. The molecule has 0 heterocycles. The van der Waals surface area contributed by atoms with Gasteiger partial charge in [0.05, 0.1) is 6.04 Å². The minimum Gasteiger partial charge on any atom is -0.508 e. The predicted molar refractivity (Wildman–Crippen MR) is 99.0 cm³/mol. The predicted octanol–water partition coefficient (Wildman–Crippen LogP) is -0.824. The number of nitrogens with one attached hydrogen (secondary N) is 2. The summed E-state index contributed by atoms with van der Waals surface area (Å²) in [5.74, 6) is -2.49. The van der Waals surface area contributed by atoms with E-state index in [9.17, 15) is 19.5 Å². The number of benzene rings is 1. The highest BCUT2D eigenvalue weighted by Gasteiger charge is 2.26. The van der Waals surface area contributed by atoms with Crippen molar-refractivity contribution in [2.24, 2.45) is 5.73 Å². The number of phenolic OH excluding ortho intramolecular Hbond substituents is 1. The summed E-state index contributed by atoms with van der Waals surface area (Å²) < 4.78 is 0. The maximum Gasteiger partial charge on any atom is 0.327 e. The van der Waals surface area contributed by atoms with Crippen molar-refractivity contribution in [3.63, 3.8) is 0 Å². The number of amides is 2. The molecular formula is C15H21N3O5S2. The Labute approximate surface area is 156 Å². The van der Waals surface area contributed by atoms with Gasteiger partial charge >= 0.3 is 5.97 Å². The van der Waals surface area contributed by atoms with Crippen molar-refractivity contribution in [3.05, 3.63) is 29.8 Å². The molecule has 0 radical (unpaired) electrons. The summed E-state index contributed by atoms with van der Waals surface area (Å²) in [6.45, 7) is 0. The van der Waals surface area contributed by atoms with E-state index in [2.05, 4.69) is 35.9 Å². The first-order chi connectivity index (χ1) is 11.8. The van der Waals surface area contributed by atoms with E-state index in [0.29, 0.717) is 0 Å². The molecule has 138 valence electrons. The number of carbonyl (C=O) groups excluding carboxylic acids is 2. The normalized spacial score (nSPS) is 14.2. The Morgan fingerprint density at radius 2 is 1.52 bits per heavy atom. The average Bonchev–Trinajstić information content (AvgIpc) is 2.58. The van der Waals surface area contributed by atoms with Crippen LogP contribution in [0.3, 0.4) is 0 Å². The second-order valence-electron chi connectivity index (χ2n) is 5.30. The Hall–Kier alpha value is -1.91. The van der Waals surface area contributed by atoms with Crippen LogP contribution in [0, 0.1) is 0 Å². The van der Waals surface area contributed by atoms with Gasteiger partial charge in [-0.05, 0) is 24.1 Å². The van der Waals surface area contributed by atoms with E-state index in [4.69, 9.17) is 10.8 Å². The standard InChI is InChI=1S/C15H21N3O5S2/c16-10(5-8-1-3-9(19)4-2-8)13(20)17-11(6-24)14(21)18-12(7-25)15(22)23/h1-4,10-12,19,24-25H,5-7,16H2,(H,17,20)(H,18,21)(H,22,23)/t10-,11-,12-/m0/s1. The number of hydrogen-bond donors (Lipinski definition) is 7. The summed E-state index contributed by atoms with van der Waals surface area (Å²) >= 11 is 7.85.